The summed E-state index contributed by atoms with van der Waals surface area (Å²) in [7, 11) is 1.60. The van der Waals surface area contributed by atoms with E-state index in [2.05, 4.69) is 15.0 Å². The first kappa shape index (κ1) is 17.7. The Hall–Kier alpha value is -2.75. The van der Waals surface area contributed by atoms with E-state index < -0.39 is 5.91 Å². The quantitative estimate of drug-likeness (QED) is 0.513. The largest absolute Gasteiger partial charge is 0.496 e. The van der Waals surface area contributed by atoms with Gasteiger partial charge in [-0.1, -0.05) is 17.3 Å². The first-order valence-electron chi connectivity index (χ1n) is 8.42. The lowest BCUT2D eigenvalue weighted by atomic mass is 10.1. The molecule has 0 radical (unpaired) electrons. The smallest absolute Gasteiger partial charge is 0.284 e. The number of carbonyl (C=O) groups excluding carboxylic acids is 1. The minimum atomic E-state index is -0.472. The van der Waals surface area contributed by atoms with Gasteiger partial charge in [0.25, 0.3) is 11.8 Å². The number of fused-ring (bicyclic) bond motifs is 1. The molecule has 3 aromatic rings. The third kappa shape index (κ3) is 3.57. The van der Waals surface area contributed by atoms with Gasteiger partial charge in [0, 0.05) is 18.0 Å². The van der Waals surface area contributed by atoms with Crippen molar-refractivity contribution in [1.82, 2.24) is 20.5 Å². The SMILES string of the molecule is COc1ccccc1-c1nc(CN2CCc3sc(C(=O)NO)cc3C2)no1. The lowest BCUT2D eigenvalue weighted by molar-refractivity contribution is 0.0711. The van der Waals surface area contributed by atoms with E-state index in [1.807, 2.05) is 30.3 Å². The van der Waals surface area contributed by atoms with Gasteiger partial charge in [0.2, 0.25) is 0 Å². The Bertz CT molecular complexity index is 968. The third-order valence-electron chi connectivity index (χ3n) is 4.44. The summed E-state index contributed by atoms with van der Waals surface area (Å²) in [6.45, 7) is 2.09. The maximum Gasteiger partial charge on any atom is 0.284 e. The highest BCUT2D eigenvalue weighted by molar-refractivity contribution is 7.14. The van der Waals surface area contributed by atoms with Gasteiger partial charge in [-0.05, 0) is 30.2 Å². The Labute approximate surface area is 159 Å². The second kappa shape index (κ2) is 7.47. The number of carbonyl (C=O) groups is 1. The molecule has 0 saturated heterocycles. The minimum absolute atomic E-state index is 0.428. The Balaban J connectivity index is 1.47. The maximum atomic E-state index is 11.6. The molecule has 0 fully saturated rings. The Kier molecular flexibility index (Phi) is 4.88. The number of thiophene rings is 1. The molecule has 2 aromatic heterocycles. The van der Waals surface area contributed by atoms with Crippen LogP contribution in [-0.4, -0.2) is 39.8 Å². The zero-order chi connectivity index (χ0) is 18.8. The first-order valence-corrected chi connectivity index (χ1v) is 9.24. The average molecular weight is 386 g/mol. The molecule has 140 valence electrons. The molecule has 2 N–H and O–H groups in total. The van der Waals surface area contributed by atoms with Gasteiger partial charge in [-0.25, -0.2) is 5.48 Å². The average Bonchev–Trinajstić information content (AvgIpc) is 3.34. The Morgan fingerprint density at radius 2 is 2.30 bits per heavy atom. The topological polar surface area (TPSA) is 101 Å². The van der Waals surface area contributed by atoms with E-state index in [1.165, 1.54) is 16.2 Å². The lowest BCUT2D eigenvalue weighted by Gasteiger charge is -2.25. The summed E-state index contributed by atoms with van der Waals surface area (Å²) in [6.07, 6.45) is 0.843. The monoisotopic (exact) mass is 386 g/mol. The summed E-state index contributed by atoms with van der Waals surface area (Å²) in [6, 6.07) is 9.33. The van der Waals surface area contributed by atoms with Gasteiger partial charge in [-0.15, -0.1) is 11.3 Å². The number of amides is 1. The van der Waals surface area contributed by atoms with Crippen LogP contribution in [0.2, 0.25) is 0 Å². The van der Waals surface area contributed by atoms with Crippen molar-refractivity contribution in [2.75, 3.05) is 13.7 Å². The van der Waals surface area contributed by atoms with Crippen molar-refractivity contribution in [3.63, 3.8) is 0 Å². The van der Waals surface area contributed by atoms with Crippen molar-refractivity contribution < 1.29 is 19.3 Å². The first-order chi connectivity index (χ1) is 13.2. The number of para-hydroxylation sites is 1. The third-order valence-corrected chi connectivity index (χ3v) is 5.68. The van der Waals surface area contributed by atoms with Crippen LogP contribution in [0.15, 0.2) is 34.9 Å². The summed E-state index contributed by atoms with van der Waals surface area (Å²) >= 11 is 1.42. The fraction of sp³-hybridized carbons (Fsp3) is 0.278. The molecule has 0 atom stereocenters. The highest BCUT2D eigenvalue weighted by Crippen LogP contribution is 2.30. The number of hydrogen-bond acceptors (Lipinski definition) is 8. The molecule has 9 heteroatoms. The Morgan fingerprint density at radius 1 is 1.44 bits per heavy atom. The van der Waals surface area contributed by atoms with Crippen LogP contribution in [0.3, 0.4) is 0 Å². The van der Waals surface area contributed by atoms with E-state index in [9.17, 15) is 4.79 Å². The number of hydroxylamine groups is 1. The normalized spacial score (nSPS) is 14.0. The van der Waals surface area contributed by atoms with Crippen LogP contribution in [0.4, 0.5) is 0 Å². The molecule has 1 aliphatic heterocycles. The van der Waals surface area contributed by atoms with Crippen molar-refractivity contribution in [3.05, 3.63) is 51.5 Å². The fourth-order valence-electron chi connectivity index (χ4n) is 3.14. The molecule has 8 nitrogen and oxygen atoms in total. The van der Waals surface area contributed by atoms with E-state index in [-0.39, 0.29) is 0 Å². The van der Waals surface area contributed by atoms with E-state index in [1.54, 1.807) is 12.6 Å². The molecule has 3 heterocycles. The van der Waals surface area contributed by atoms with Crippen molar-refractivity contribution >= 4 is 17.2 Å². The van der Waals surface area contributed by atoms with Crippen LogP contribution >= 0.6 is 11.3 Å². The minimum Gasteiger partial charge on any atom is -0.496 e. The standard InChI is InChI=1S/C18H18N4O4S/c1-25-13-5-3-2-4-12(13)18-19-16(21-26-18)10-22-7-6-14-11(9-22)8-15(27-14)17(23)20-24/h2-5,8,24H,6-7,9-10H2,1H3,(H,20,23). The number of ether oxygens (including phenoxy) is 1. The fourth-order valence-corrected chi connectivity index (χ4v) is 4.20. The van der Waals surface area contributed by atoms with Crippen LogP contribution < -0.4 is 10.2 Å². The van der Waals surface area contributed by atoms with E-state index in [4.69, 9.17) is 14.5 Å². The number of aromatic nitrogens is 2. The van der Waals surface area contributed by atoms with Crippen LogP contribution in [0.1, 0.15) is 25.9 Å². The highest BCUT2D eigenvalue weighted by atomic mass is 32.1. The Morgan fingerprint density at radius 3 is 3.11 bits per heavy atom. The van der Waals surface area contributed by atoms with Gasteiger partial charge in [0.05, 0.1) is 24.1 Å². The molecule has 1 aliphatic rings. The summed E-state index contributed by atoms with van der Waals surface area (Å²) in [5.41, 5.74) is 3.54. The molecular formula is C18H18N4O4S. The second-order valence-electron chi connectivity index (χ2n) is 6.18. The highest BCUT2D eigenvalue weighted by Gasteiger charge is 2.23. The van der Waals surface area contributed by atoms with Crippen molar-refractivity contribution in [3.8, 4) is 17.2 Å². The molecule has 0 aliphatic carbocycles. The molecule has 1 aromatic carbocycles. The molecule has 0 bridgehead atoms. The second-order valence-corrected chi connectivity index (χ2v) is 7.31. The summed E-state index contributed by atoms with van der Waals surface area (Å²) in [4.78, 5) is 20.0. The number of rotatable bonds is 5. The van der Waals surface area contributed by atoms with E-state index >= 15 is 0 Å². The van der Waals surface area contributed by atoms with Crippen molar-refractivity contribution in [1.29, 1.82) is 0 Å². The predicted octanol–water partition coefficient (Wildman–Crippen LogP) is 2.48. The zero-order valence-corrected chi connectivity index (χ0v) is 15.5. The zero-order valence-electron chi connectivity index (χ0n) is 14.6. The van der Waals surface area contributed by atoms with Gasteiger partial charge < -0.3 is 9.26 Å². The molecule has 0 unspecified atom stereocenters. The molecule has 27 heavy (non-hydrogen) atoms. The number of nitrogens with zero attached hydrogens (tertiary/aromatic N) is 3. The van der Waals surface area contributed by atoms with Crippen molar-refractivity contribution in [2.24, 2.45) is 0 Å². The number of nitrogens with one attached hydrogen (secondary N) is 1. The summed E-state index contributed by atoms with van der Waals surface area (Å²) in [5.74, 6) is 1.24. The van der Waals surface area contributed by atoms with Crippen molar-refractivity contribution in [2.45, 2.75) is 19.5 Å². The molecular weight excluding hydrogens is 368 g/mol. The van der Waals surface area contributed by atoms with Crippen LogP contribution in [0.25, 0.3) is 11.5 Å². The van der Waals surface area contributed by atoms with Gasteiger partial charge in [0.1, 0.15) is 5.75 Å². The number of methoxy groups -OCH3 is 1. The molecule has 4 rings (SSSR count). The van der Waals surface area contributed by atoms with Gasteiger partial charge >= 0.3 is 0 Å². The van der Waals surface area contributed by atoms with Gasteiger partial charge in [-0.2, -0.15) is 4.98 Å². The van der Waals surface area contributed by atoms with Crippen LogP contribution in [-0.2, 0) is 19.5 Å². The number of hydrogen-bond donors (Lipinski definition) is 2. The summed E-state index contributed by atoms with van der Waals surface area (Å²) in [5, 5.41) is 12.9. The van der Waals surface area contributed by atoms with Crippen LogP contribution in [0, 0.1) is 0 Å². The van der Waals surface area contributed by atoms with E-state index in [0.29, 0.717) is 35.4 Å². The van der Waals surface area contributed by atoms with E-state index in [0.717, 1.165) is 24.1 Å². The maximum absolute atomic E-state index is 11.6. The molecule has 0 spiro atoms. The van der Waals surface area contributed by atoms with Gasteiger partial charge in [-0.3, -0.25) is 14.9 Å². The summed E-state index contributed by atoms with van der Waals surface area (Å²) < 4.78 is 10.7. The predicted molar refractivity (Wildman–Crippen MR) is 97.7 cm³/mol. The van der Waals surface area contributed by atoms with Gasteiger partial charge in [0.15, 0.2) is 5.82 Å². The van der Waals surface area contributed by atoms with Crippen LogP contribution in [0.5, 0.6) is 5.75 Å². The number of benzene rings is 1. The molecule has 0 saturated carbocycles. The molecule has 1 amide bonds. The lowest BCUT2D eigenvalue weighted by Crippen LogP contribution is -2.29.